The molecule has 2 aromatic heterocycles. The molecule has 2 fully saturated rings. The van der Waals surface area contributed by atoms with Crippen LogP contribution in [0.15, 0.2) is 47.8 Å². The van der Waals surface area contributed by atoms with Crippen LogP contribution in [0.4, 0.5) is 22.1 Å². The maximum Gasteiger partial charge on any atom is 0.413 e. The molecule has 9 heteroatoms. The van der Waals surface area contributed by atoms with E-state index in [0.29, 0.717) is 43.5 Å². The van der Waals surface area contributed by atoms with E-state index in [1.54, 1.807) is 6.20 Å². The van der Waals surface area contributed by atoms with Crippen LogP contribution in [0.3, 0.4) is 0 Å². The van der Waals surface area contributed by atoms with Crippen molar-refractivity contribution in [3.05, 3.63) is 59.5 Å². The Morgan fingerprint density at radius 1 is 1.14 bits per heavy atom. The lowest BCUT2D eigenvalue weighted by molar-refractivity contribution is -0.00853. The second-order valence-corrected chi connectivity index (χ2v) is 10.0. The number of benzene rings is 1. The van der Waals surface area contributed by atoms with Crippen molar-refractivity contribution >= 4 is 29.1 Å². The van der Waals surface area contributed by atoms with E-state index in [0.717, 1.165) is 34.8 Å². The lowest BCUT2D eigenvalue weighted by Crippen LogP contribution is -2.48. The van der Waals surface area contributed by atoms with Crippen LogP contribution in [0.2, 0.25) is 0 Å². The summed E-state index contributed by atoms with van der Waals surface area (Å²) in [7, 11) is 0. The Hall–Kier alpha value is -4.01. The first-order valence-electron chi connectivity index (χ1n) is 12.5. The number of pyridine rings is 1. The lowest BCUT2D eigenvalue weighted by atomic mass is 9.83. The van der Waals surface area contributed by atoms with E-state index < -0.39 is 11.7 Å². The van der Waals surface area contributed by atoms with Crippen LogP contribution in [0.5, 0.6) is 11.6 Å². The zero-order valence-corrected chi connectivity index (χ0v) is 20.0. The Morgan fingerprint density at radius 3 is 2.83 bits per heavy atom. The molecule has 1 aromatic carbocycles. The monoisotopic (exact) mass is 482 g/mol. The number of fused-ring (bicyclic) bond motifs is 3. The van der Waals surface area contributed by atoms with Gasteiger partial charge in [0.05, 0.1) is 5.69 Å². The highest BCUT2D eigenvalue weighted by Crippen LogP contribution is 2.44. The minimum atomic E-state index is -0.669. The number of rotatable bonds is 4. The van der Waals surface area contributed by atoms with E-state index in [9.17, 15) is 4.79 Å². The SMILES string of the molecule is Cc1cc(Oc2cc(N3CCC4(CC3)OC(=O)Nc3ncccc34)ncn2)cc2c1N=C(C1CC1)C2. The molecule has 1 saturated carbocycles. The third kappa shape index (κ3) is 3.66. The van der Waals surface area contributed by atoms with Gasteiger partial charge in [-0.3, -0.25) is 10.3 Å². The van der Waals surface area contributed by atoms with Gasteiger partial charge in [0.1, 0.15) is 29.3 Å². The normalized spacial score (nSPS) is 19.8. The van der Waals surface area contributed by atoms with Crippen LogP contribution in [-0.4, -0.2) is 39.8 Å². The lowest BCUT2D eigenvalue weighted by Gasteiger charge is -2.44. The van der Waals surface area contributed by atoms with Gasteiger partial charge in [0.15, 0.2) is 0 Å². The molecule has 1 aliphatic carbocycles. The van der Waals surface area contributed by atoms with Crippen LogP contribution in [0.25, 0.3) is 0 Å². The molecular weight excluding hydrogens is 456 g/mol. The molecule has 0 radical (unpaired) electrons. The van der Waals surface area contributed by atoms with Crippen LogP contribution in [0, 0.1) is 12.8 Å². The maximum atomic E-state index is 12.2. The number of nitrogens with one attached hydrogen (secondary N) is 1. The number of amides is 1. The molecule has 3 aromatic rings. The second-order valence-electron chi connectivity index (χ2n) is 10.0. The molecular formula is C27H26N6O3. The Balaban J connectivity index is 1.07. The average molecular weight is 483 g/mol. The highest BCUT2D eigenvalue weighted by molar-refractivity contribution is 5.97. The smallest absolute Gasteiger partial charge is 0.413 e. The van der Waals surface area contributed by atoms with Crippen molar-refractivity contribution in [2.45, 2.75) is 44.6 Å². The van der Waals surface area contributed by atoms with E-state index in [4.69, 9.17) is 14.5 Å². The van der Waals surface area contributed by atoms with E-state index in [1.807, 2.05) is 24.3 Å². The van der Waals surface area contributed by atoms with Crippen LogP contribution < -0.4 is 15.0 Å². The number of hydrogen-bond donors (Lipinski definition) is 1. The number of carbonyl (C=O) groups is 1. The number of aromatic nitrogens is 3. The zero-order valence-electron chi connectivity index (χ0n) is 20.0. The molecule has 3 aliphatic heterocycles. The minimum Gasteiger partial charge on any atom is -0.439 e. The summed E-state index contributed by atoms with van der Waals surface area (Å²) in [6, 6.07) is 9.84. The summed E-state index contributed by atoms with van der Waals surface area (Å²) in [5.74, 6) is 3.32. The average Bonchev–Trinajstić information content (AvgIpc) is 3.64. The molecule has 0 unspecified atom stereocenters. The molecule has 1 spiro atoms. The summed E-state index contributed by atoms with van der Waals surface area (Å²) in [6.45, 7) is 3.44. The molecule has 1 amide bonds. The third-order valence-electron chi connectivity index (χ3n) is 7.58. The van der Waals surface area contributed by atoms with Gasteiger partial charge in [0.2, 0.25) is 5.88 Å². The molecule has 1 N–H and O–H groups in total. The first-order chi connectivity index (χ1) is 17.6. The number of hydrogen-bond acceptors (Lipinski definition) is 8. The number of anilines is 2. The zero-order chi connectivity index (χ0) is 24.3. The molecule has 0 bridgehead atoms. The van der Waals surface area contributed by atoms with Gasteiger partial charge >= 0.3 is 6.09 Å². The summed E-state index contributed by atoms with van der Waals surface area (Å²) in [4.78, 5) is 32.4. The molecule has 36 heavy (non-hydrogen) atoms. The van der Waals surface area contributed by atoms with Crippen molar-refractivity contribution in [2.24, 2.45) is 10.9 Å². The number of carbonyl (C=O) groups excluding carboxylic acids is 1. The minimum absolute atomic E-state index is 0.452. The van der Waals surface area contributed by atoms with E-state index >= 15 is 0 Å². The van der Waals surface area contributed by atoms with Crippen molar-refractivity contribution in [1.29, 1.82) is 0 Å². The number of nitrogens with zero attached hydrogens (tertiary/aromatic N) is 5. The first kappa shape index (κ1) is 21.3. The summed E-state index contributed by atoms with van der Waals surface area (Å²) >= 11 is 0. The molecule has 1 saturated heterocycles. The molecule has 5 heterocycles. The van der Waals surface area contributed by atoms with E-state index in [1.165, 1.54) is 30.4 Å². The molecule has 4 aliphatic rings. The number of piperidine rings is 1. The standard InChI is InChI=1S/C27H26N6O3/c1-16-11-19(12-18-13-21(17-4-5-17)31-24(16)18)35-23-14-22(29-15-30-23)33-9-6-27(7-10-33)20-3-2-8-28-25(20)32-26(34)36-27/h2-3,8,11-12,14-15,17H,4-7,9-10,13H2,1H3,(H,28,32,34). The Labute approximate surface area is 208 Å². The van der Waals surface area contributed by atoms with Gasteiger partial charge in [-0.25, -0.2) is 19.7 Å². The van der Waals surface area contributed by atoms with Gasteiger partial charge in [-0.1, -0.05) is 0 Å². The van der Waals surface area contributed by atoms with Crippen LogP contribution >= 0.6 is 0 Å². The predicted octanol–water partition coefficient (Wildman–Crippen LogP) is 5.07. The number of aliphatic imine (C=N–C) groups is 1. The topological polar surface area (TPSA) is 102 Å². The molecule has 0 atom stereocenters. The molecule has 182 valence electrons. The van der Waals surface area contributed by atoms with Crippen molar-refractivity contribution in [3.8, 4) is 11.6 Å². The quantitative estimate of drug-likeness (QED) is 0.554. The van der Waals surface area contributed by atoms with Crippen molar-refractivity contribution in [2.75, 3.05) is 23.3 Å². The molecule has 9 nitrogen and oxygen atoms in total. The van der Waals surface area contributed by atoms with Crippen molar-refractivity contribution < 1.29 is 14.3 Å². The van der Waals surface area contributed by atoms with Gasteiger partial charge < -0.3 is 14.4 Å². The fourth-order valence-electron chi connectivity index (χ4n) is 5.58. The third-order valence-corrected chi connectivity index (χ3v) is 7.58. The maximum absolute atomic E-state index is 12.2. The number of ether oxygens (including phenoxy) is 2. The number of aryl methyl sites for hydroxylation is 1. The summed E-state index contributed by atoms with van der Waals surface area (Å²) in [6.07, 6.45) is 7.50. The van der Waals surface area contributed by atoms with Gasteiger partial charge in [0, 0.05) is 55.9 Å². The highest BCUT2D eigenvalue weighted by atomic mass is 16.6. The van der Waals surface area contributed by atoms with Crippen LogP contribution in [-0.2, 0) is 16.8 Å². The largest absolute Gasteiger partial charge is 0.439 e. The fraction of sp³-hybridized carbons (Fsp3) is 0.370. The highest BCUT2D eigenvalue weighted by Gasteiger charge is 2.45. The van der Waals surface area contributed by atoms with Crippen LogP contribution in [0.1, 0.15) is 42.4 Å². The van der Waals surface area contributed by atoms with Gasteiger partial charge in [-0.15, -0.1) is 0 Å². The Kier molecular flexibility index (Phi) is 4.74. The second kappa shape index (κ2) is 8.01. The summed E-state index contributed by atoms with van der Waals surface area (Å²) < 4.78 is 12.0. The summed E-state index contributed by atoms with van der Waals surface area (Å²) in [5, 5.41) is 2.71. The van der Waals surface area contributed by atoms with E-state index in [-0.39, 0.29) is 0 Å². The first-order valence-corrected chi connectivity index (χ1v) is 12.5. The van der Waals surface area contributed by atoms with Crippen molar-refractivity contribution in [1.82, 2.24) is 15.0 Å². The molecule has 7 rings (SSSR count). The Bertz CT molecular complexity index is 1410. The predicted molar refractivity (Wildman–Crippen MR) is 134 cm³/mol. The van der Waals surface area contributed by atoms with Gasteiger partial charge in [-0.05, 0) is 61.1 Å². The van der Waals surface area contributed by atoms with Crippen molar-refractivity contribution in [3.63, 3.8) is 0 Å². The fourth-order valence-corrected chi connectivity index (χ4v) is 5.58. The van der Waals surface area contributed by atoms with E-state index in [2.05, 4.69) is 38.2 Å². The van der Waals surface area contributed by atoms with Gasteiger partial charge in [-0.2, -0.15) is 0 Å². The Morgan fingerprint density at radius 2 is 2.00 bits per heavy atom. The van der Waals surface area contributed by atoms with Gasteiger partial charge in [0.25, 0.3) is 0 Å². The summed E-state index contributed by atoms with van der Waals surface area (Å²) in [5.41, 5.74) is 5.03.